The molecule has 0 aliphatic heterocycles. The fraction of sp³-hybridized carbons (Fsp3) is 0.500. The van der Waals surface area contributed by atoms with Gasteiger partial charge in [0, 0.05) is 12.1 Å². The Labute approximate surface area is 113 Å². The lowest BCUT2D eigenvalue weighted by atomic mass is 9.84. The molecule has 1 rings (SSSR count). The van der Waals surface area contributed by atoms with Gasteiger partial charge in [-0.3, -0.25) is 4.79 Å². The van der Waals surface area contributed by atoms with Gasteiger partial charge < -0.3 is 21.3 Å². The normalized spacial score (nSPS) is 13.1. The fourth-order valence-electron chi connectivity index (χ4n) is 1.84. The van der Waals surface area contributed by atoms with Crippen molar-refractivity contribution in [1.29, 1.82) is 0 Å². The molecule has 0 fully saturated rings. The number of rotatable bonds is 4. The highest BCUT2D eigenvalue weighted by molar-refractivity contribution is 5.97. The molecule has 0 saturated heterocycles. The minimum absolute atomic E-state index is 0.0802. The summed E-state index contributed by atoms with van der Waals surface area (Å²) in [6.07, 6.45) is 0.661. The second-order valence-electron chi connectivity index (χ2n) is 5.67. The van der Waals surface area contributed by atoms with Crippen molar-refractivity contribution in [3.63, 3.8) is 0 Å². The number of carbonyl (C=O) groups excluding carboxylic acids is 1. The highest BCUT2D eigenvalue weighted by Gasteiger charge is 2.26. The van der Waals surface area contributed by atoms with E-state index < -0.39 is 0 Å². The van der Waals surface area contributed by atoms with Crippen LogP contribution in [0.25, 0.3) is 0 Å². The van der Waals surface area contributed by atoms with Crippen LogP contribution >= 0.6 is 0 Å². The highest BCUT2D eigenvalue weighted by Crippen LogP contribution is 2.25. The lowest BCUT2D eigenvalue weighted by Gasteiger charge is -2.31. The molecule has 5 heteroatoms. The molecule has 1 aromatic carbocycles. The van der Waals surface area contributed by atoms with E-state index in [0.29, 0.717) is 13.0 Å². The quantitative estimate of drug-likeness (QED) is 0.665. The molecule has 0 heterocycles. The number of aromatic hydroxyl groups is 2. The number of hydrogen-bond donors (Lipinski definition) is 4. The summed E-state index contributed by atoms with van der Waals surface area (Å²) < 4.78 is 0. The van der Waals surface area contributed by atoms with Crippen molar-refractivity contribution in [3.05, 3.63) is 23.8 Å². The zero-order valence-corrected chi connectivity index (χ0v) is 11.6. The van der Waals surface area contributed by atoms with E-state index >= 15 is 0 Å². The molecule has 0 bridgehead atoms. The van der Waals surface area contributed by atoms with Gasteiger partial charge in [-0.1, -0.05) is 20.8 Å². The molecule has 0 aliphatic rings. The molecule has 5 nitrogen and oxygen atoms in total. The van der Waals surface area contributed by atoms with E-state index in [2.05, 4.69) is 5.32 Å². The molecule has 106 valence electrons. The van der Waals surface area contributed by atoms with Crippen molar-refractivity contribution < 1.29 is 15.0 Å². The van der Waals surface area contributed by atoms with Crippen LogP contribution in [0, 0.1) is 5.41 Å². The Morgan fingerprint density at radius 1 is 1.37 bits per heavy atom. The van der Waals surface area contributed by atoms with Gasteiger partial charge in [-0.05, 0) is 30.5 Å². The monoisotopic (exact) mass is 266 g/mol. The third-order valence-corrected chi connectivity index (χ3v) is 3.03. The summed E-state index contributed by atoms with van der Waals surface area (Å²) in [6, 6.07) is 3.81. The number of hydrogen-bond acceptors (Lipinski definition) is 4. The van der Waals surface area contributed by atoms with Crippen LogP contribution in [0.5, 0.6) is 11.5 Å². The van der Waals surface area contributed by atoms with E-state index in [4.69, 9.17) is 5.73 Å². The minimum atomic E-state index is -0.370. The number of nitrogens with one attached hydrogen (secondary N) is 1. The molecule has 1 atom stereocenters. The molecule has 19 heavy (non-hydrogen) atoms. The number of benzene rings is 1. The Bertz CT molecular complexity index is 452. The van der Waals surface area contributed by atoms with Crippen molar-refractivity contribution in [2.24, 2.45) is 11.1 Å². The van der Waals surface area contributed by atoms with Crippen molar-refractivity contribution in [2.75, 3.05) is 6.54 Å². The maximum Gasteiger partial charge on any atom is 0.255 e. The molecule has 0 aromatic heterocycles. The second-order valence-corrected chi connectivity index (χ2v) is 5.67. The number of nitrogens with two attached hydrogens (primary N) is 1. The van der Waals surface area contributed by atoms with Crippen molar-refractivity contribution >= 4 is 5.91 Å². The number of carbonyl (C=O) groups is 1. The lowest BCUT2D eigenvalue weighted by Crippen LogP contribution is -2.44. The molecular formula is C14H22N2O3. The lowest BCUT2D eigenvalue weighted by molar-refractivity contribution is 0.0896. The molecule has 0 saturated carbocycles. The van der Waals surface area contributed by atoms with Gasteiger partial charge in [-0.2, -0.15) is 0 Å². The Balaban J connectivity index is 2.88. The Morgan fingerprint density at radius 3 is 2.47 bits per heavy atom. The first-order chi connectivity index (χ1) is 8.75. The Hall–Kier alpha value is -1.75. The summed E-state index contributed by atoms with van der Waals surface area (Å²) >= 11 is 0. The van der Waals surface area contributed by atoms with E-state index in [-0.39, 0.29) is 34.4 Å². The van der Waals surface area contributed by atoms with Crippen LogP contribution in [0.3, 0.4) is 0 Å². The third kappa shape index (κ3) is 4.13. The summed E-state index contributed by atoms with van der Waals surface area (Å²) in [7, 11) is 0. The van der Waals surface area contributed by atoms with Crippen molar-refractivity contribution in [3.8, 4) is 11.5 Å². The van der Waals surface area contributed by atoms with E-state index in [1.807, 2.05) is 20.8 Å². The van der Waals surface area contributed by atoms with E-state index in [0.717, 1.165) is 6.07 Å². The molecule has 0 spiro atoms. The average molecular weight is 266 g/mol. The van der Waals surface area contributed by atoms with Gasteiger partial charge in [0.15, 0.2) is 0 Å². The second kappa shape index (κ2) is 5.93. The largest absolute Gasteiger partial charge is 0.508 e. The number of phenolic OH excluding ortho intramolecular Hbond substituents is 2. The molecule has 1 amide bonds. The number of phenols is 2. The first-order valence-electron chi connectivity index (χ1n) is 6.28. The smallest absolute Gasteiger partial charge is 0.255 e. The zero-order valence-electron chi connectivity index (χ0n) is 11.6. The van der Waals surface area contributed by atoms with Crippen LogP contribution in [0.4, 0.5) is 0 Å². The summed E-state index contributed by atoms with van der Waals surface area (Å²) in [5.41, 5.74) is 5.58. The molecule has 1 unspecified atom stereocenters. The summed E-state index contributed by atoms with van der Waals surface area (Å²) in [5, 5.41) is 21.7. The van der Waals surface area contributed by atoms with Gasteiger partial charge in [0.25, 0.3) is 5.91 Å². The SMILES string of the molecule is CC(C)(C)C(CCN)NC(=O)c1ccc(O)cc1O. The van der Waals surface area contributed by atoms with Gasteiger partial charge in [-0.15, -0.1) is 0 Å². The molecule has 0 aliphatic carbocycles. The molecular weight excluding hydrogens is 244 g/mol. The third-order valence-electron chi connectivity index (χ3n) is 3.03. The molecule has 1 aromatic rings. The predicted molar refractivity (Wildman–Crippen MR) is 74.2 cm³/mol. The van der Waals surface area contributed by atoms with Gasteiger partial charge in [-0.25, -0.2) is 0 Å². The minimum Gasteiger partial charge on any atom is -0.508 e. The van der Waals surface area contributed by atoms with Gasteiger partial charge in [0.1, 0.15) is 11.5 Å². The van der Waals surface area contributed by atoms with Crippen LogP contribution in [-0.2, 0) is 0 Å². The zero-order chi connectivity index (χ0) is 14.6. The van der Waals surface area contributed by atoms with Gasteiger partial charge in [0.2, 0.25) is 0 Å². The fourth-order valence-corrected chi connectivity index (χ4v) is 1.84. The van der Waals surface area contributed by atoms with Crippen LogP contribution in [-0.4, -0.2) is 28.7 Å². The van der Waals surface area contributed by atoms with Crippen LogP contribution in [0.2, 0.25) is 0 Å². The maximum atomic E-state index is 12.1. The van der Waals surface area contributed by atoms with E-state index in [1.54, 1.807) is 0 Å². The average Bonchev–Trinajstić information content (AvgIpc) is 2.26. The van der Waals surface area contributed by atoms with E-state index in [9.17, 15) is 15.0 Å². The first kappa shape index (κ1) is 15.3. The maximum absolute atomic E-state index is 12.1. The highest BCUT2D eigenvalue weighted by atomic mass is 16.3. The van der Waals surface area contributed by atoms with Crippen molar-refractivity contribution in [1.82, 2.24) is 5.32 Å². The Kier molecular flexibility index (Phi) is 4.78. The van der Waals surface area contributed by atoms with Crippen LogP contribution in [0.15, 0.2) is 18.2 Å². The van der Waals surface area contributed by atoms with Crippen LogP contribution in [0.1, 0.15) is 37.6 Å². The molecule has 0 radical (unpaired) electrons. The summed E-state index contributed by atoms with van der Waals surface area (Å²) in [4.78, 5) is 12.1. The van der Waals surface area contributed by atoms with Crippen molar-refractivity contribution in [2.45, 2.75) is 33.2 Å². The topological polar surface area (TPSA) is 95.6 Å². The molecule has 5 N–H and O–H groups in total. The standard InChI is InChI=1S/C14H22N2O3/c1-14(2,3)12(6-7-15)16-13(19)10-5-4-9(17)8-11(10)18/h4-5,8,12,17-18H,6-7,15H2,1-3H3,(H,16,19). The summed E-state index contributed by atoms with van der Waals surface area (Å²) in [5.74, 6) is -0.688. The van der Waals surface area contributed by atoms with Gasteiger partial charge >= 0.3 is 0 Å². The first-order valence-corrected chi connectivity index (χ1v) is 6.28. The predicted octanol–water partition coefficient (Wildman–Crippen LogP) is 1.59. The summed E-state index contributed by atoms with van der Waals surface area (Å²) in [6.45, 7) is 6.53. The Morgan fingerprint density at radius 2 is 2.00 bits per heavy atom. The number of amides is 1. The van der Waals surface area contributed by atoms with Gasteiger partial charge in [0.05, 0.1) is 5.56 Å². The van der Waals surface area contributed by atoms with E-state index in [1.165, 1.54) is 12.1 Å². The van der Waals surface area contributed by atoms with Crippen LogP contribution < -0.4 is 11.1 Å².